The first-order valence-electron chi connectivity index (χ1n) is 6.36. The maximum absolute atomic E-state index is 11.5. The third kappa shape index (κ3) is 5.10. The molecule has 1 saturated heterocycles. The Morgan fingerprint density at radius 2 is 2.24 bits per heavy atom. The van der Waals surface area contributed by atoms with Crippen molar-refractivity contribution in [1.29, 1.82) is 0 Å². The van der Waals surface area contributed by atoms with Gasteiger partial charge >= 0.3 is 6.09 Å². The van der Waals surface area contributed by atoms with E-state index in [1.165, 1.54) is 0 Å². The molecule has 0 aliphatic carbocycles. The van der Waals surface area contributed by atoms with E-state index in [-0.39, 0.29) is 6.09 Å². The molecule has 1 aliphatic heterocycles. The van der Waals surface area contributed by atoms with Crippen LogP contribution in [-0.2, 0) is 4.74 Å². The number of rotatable bonds is 5. The number of likely N-dealkylation sites (tertiary alicyclic amines) is 1. The van der Waals surface area contributed by atoms with E-state index in [0.717, 1.165) is 45.3 Å². The molecule has 1 fully saturated rings. The van der Waals surface area contributed by atoms with Crippen LogP contribution in [0.5, 0.6) is 0 Å². The van der Waals surface area contributed by atoms with Crippen molar-refractivity contribution in [3.63, 3.8) is 0 Å². The van der Waals surface area contributed by atoms with Crippen LogP contribution in [0.3, 0.4) is 0 Å². The van der Waals surface area contributed by atoms with Crippen LogP contribution in [0.1, 0.15) is 32.6 Å². The molecule has 0 saturated carbocycles. The van der Waals surface area contributed by atoms with E-state index in [1.807, 2.05) is 6.92 Å². The summed E-state index contributed by atoms with van der Waals surface area (Å²) in [4.78, 5) is 13.2. The Morgan fingerprint density at radius 3 is 2.82 bits per heavy atom. The van der Waals surface area contributed by atoms with Gasteiger partial charge < -0.3 is 15.0 Å². The molecule has 0 aromatic heterocycles. The topological polar surface area (TPSA) is 41.6 Å². The molecular formula is C13H22N2O2. The zero-order valence-electron chi connectivity index (χ0n) is 10.6. The van der Waals surface area contributed by atoms with E-state index in [9.17, 15) is 4.79 Å². The highest BCUT2D eigenvalue weighted by Crippen LogP contribution is 2.11. The van der Waals surface area contributed by atoms with Crippen molar-refractivity contribution in [3.8, 4) is 12.3 Å². The molecule has 0 atom stereocenters. The van der Waals surface area contributed by atoms with Crippen LogP contribution in [0.15, 0.2) is 0 Å². The zero-order valence-corrected chi connectivity index (χ0v) is 10.6. The quantitative estimate of drug-likeness (QED) is 0.584. The summed E-state index contributed by atoms with van der Waals surface area (Å²) in [7, 11) is 0. The molecule has 1 aliphatic rings. The Bertz CT molecular complexity index is 265. The van der Waals surface area contributed by atoms with Gasteiger partial charge in [-0.3, -0.25) is 0 Å². The molecule has 0 unspecified atom stereocenters. The highest BCUT2D eigenvalue weighted by atomic mass is 16.6. The van der Waals surface area contributed by atoms with Gasteiger partial charge in [0.1, 0.15) is 0 Å². The van der Waals surface area contributed by atoms with Crippen molar-refractivity contribution in [2.24, 2.45) is 0 Å². The number of nitrogens with one attached hydrogen (secondary N) is 1. The van der Waals surface area contributed by atoms with Gasteiger partial charge in [-0.15, -0.1) is 12.3 Å². The SMILES string of the molecule is C#CCCCNC1CCN(C(=O)OCC)CC1. The molecule has 0 radical (unpaired) electrons. The van der Waals surface area contributed by atoms with Gasteiger partial charge in [0.2, 0.25) is 0 Å². The first-order valence-corrected chi connectivity index (χ1v) is 6.36. The van der Waals surface area contributed by atoms with E-state index in [1.54, 1.807) is 4.90 Å². The maximum Gasteiger partial charge on any atom is 0.409 e. The van der Waals surface area contributed by atoms with Crippen LogP contribution in [-0.4, -0.2) is 43.3 Å². The van der Waals surface area contributed by atoms with Crippen molar-refractivity contribution in [3.05, 3.63) is 0 Å². The molecule has 17 heavy (non-hydrogen) atoms. The van der Waals surface area contributed by atoms with Crippen LogP contribution in [0.4, 0.5) is 4.79 Å². The number of amides is 1. The highest BCUT2D eigenvalue weighted by Gasteiger charge is 2.22. The molecule has 0 bridgehead atoms. The molecule has 0 aromatic rings. The summed E-state index contributed by atoms with van der Waals surface area (Å²) < 4.78 is 4.97. The monoisotopic (exact) mass is 238 g/mol. The lowest BCUT2D eigenvalue weighted by molar-refractivity contribution is 0.0951. The minimum atomic E-state index is -0.182. The van der Waals surface area contributed by atoms with Gasteiger partial charge in [-0.05, 0) is 32.7 Å². The van der Waals surface area contributed by atoms with Gasteiger partial charge in [-0.25, -0.2) is 4.79 Å². The van der Waals surface area contributed by atoms with E-state index < -0.39 is 0 Å². The van der Waals surface area contributed by atoms with E-state index in [4.69, 9.17) is 11.2 Å². The molecule has 4 heteroatoms. The molecular weight excluding hydrogens is 216 g/mol. The number of carbonyl (C=O) groups is 1. The Morgan fingerprint density at radius 1 is 1.53 bits per heavy atom. The van der Waals surface area contributed by atoms with Gasteiger partial charge in [-0.2, -0.15) is 0 Å². The molecule has 96 valence electrons. The van der Waals surface area contributed by atoms with Crippen molar-refractivity contribution < 1.29 is 9.53 Å². The second-order valence-corrected chi connectivity index (χ2v) is 4.22. The molecule has 1 rings (SSSR count). The summed E-state index contributed by atoms with van der Waals surface area (Å²) in [5.41, 5.74) is 0. The van der Waals surface area contributed by atoms with Crippen LogP contribution >= 0.6 is 0 Å². The van der Waals surface area contributed by atoms with Crippen LogP contribution < -0.4 is 5.32 Å². The number of terminal acetylenes is 1. The standard InChI is InChI=1S/C13H22N2O2/c1-3-5-6-9-14-12-7-10-15(11-8-12)13(16)17-4-2/h1,12,14H,4-11H2,2H3. The van der Waals surface area contributed by atoms with Gasteiger partial charge in [0, 0.05) is 25.6 Å². The van der Waals surface area contributed by atoms with E-state index in [2.05, 4.69) is 11.2 Å². The largest absolute Gasteiger partial charge is 0.450 e. The molecule has 0 spiro atoms. The second kappa shape index (κ2) is 7.97. The fourth-order valence-corrected chi connectivity index (χ4v) is 1.98. The van der Waals surface area contributed by atoms with Crippen molar-refractivity contribution >= 4 is 6.09 Å². The molecule has 1 N–H and O–H groups in total. The normalized spacial score (nSPS) is 16.6. The molecule has 4 nitrogen and oxygen atoms in total. The predicted octanol–water partition coefficient (Wildman–Crippen LogP) is 1.61. The van der Waals surface area contributed by atoms with Gasteiger partial charge in [-0.1, -0.05) is 0 Å². The lowest BCUT2D eigenvalue weighted by atomic mass is 10.1. The first-order chi connectivity index (χ1) is 8.27. The molecule has 1 heterocycles. The average molecular weight is 238 g/mol. The summed E-state index contributed by atoms with van der Waals surface area (Å²) in [5, 5.41) is 3.47. The van der Waals surface area contributed by atoms with Crippen LogP contribution in [0.25, 0.3) is 0 Å². The van der Waals surface area contributed by atoms with E-state index in [0.29, 0.717) is 12.6 Å². The molecule has 0 aromatic carbocycles. The fourth-order valence-electron chi connectivity index (χ4n) is 1.98. The number of carbonyl (C=O) groups excluding carboxylic acids is 1. The van der Waals surface area contributed by atoms with Gasteiger partial charge in [0.25, 0.3) is 0 Å². The highest BCUT2D eigenvalue weighted by molar-refractivity contribution is 5.67. The maximum atomic E-state index is 11.5. The lowest BCUT2D eigenvalue weighted by Gasteiger charge is -2.31. The summed E-state index contributed by atoms with van der Waals surface area (Å²) >= 11 is 0. The van der Waals surface area contributed by atoms with E-state index >= 15 is 0 Å². The smallest absolute Gasteiger partial charge is 0.409 e. The number of unbranched alkanes of at least 4 members (excludes halogenated alkanes) is 1. The first kappa shape index (κ1) is 13.9. The second-order valence-electron chi connectivity index (χ2n) is 4.22. The number of nitrogens with zero attached hydrogens (tertiary/aromatic N) is 1. The minimum Gasteiger partial charge on any atom is -0.450 e. The summed E-state index contributed by atoms with van der Waals surface area (Å²) in [6, 6.07) is 0.512. The Balaban J connectivity index is 2.13. The minimum absolute atomic E-state index is 0.182. The van der Waals surface area contributed by atoms with Gasteiger partial charge in [0.15, 0.2) is 0 Å². The average Bonchev–Trinajstić information content (AvgIpc) is 2.36. The number of hydrogen-bond acceptors (Lipinski definition) is 3. The third-order valence-corrected chi connectivity index (χ3v) is 2.95. The Kier molecular flexibility index (Phi) is 6.49. The van der Waals surface area contributed by atoms with Gasteiger partial charge in [0.05, 0.1) is 6.61 Å². The third-order valence-electron chi connectivity index (χ3n) is 2.95. The fraction of sp³-hybridized carbons (Fsp3) is 0.769. The zero-order chi connectivity index (χ0) is 12.5. The number of piperidine rings is 1. The van der Waals surface area contributed by atoms with Crippen LogP contribution in [0, 0.1) is 12.3 Å². The summed E-state index contributed by atoms with van der Waals surface area (Å²) in [5.74, 6) is 2.63. The Labute approximate surface area is 104 Å². The molecule has 1 amide bonds. The van der Waals surface area contributed by atoms with Crippen molar-refractivity contribution in [1.82, 2.24) is 10.2 Å². The summed E-state index contributed by atoms with van der Waals surface area (Å²) in [6.45, 7) is 4.81. The number of hydrogen-bond donors (Lipinski definition) is 1. The predicted molar refractivity (Wildman–Crippen MR) is 67.7 cm³/mol. The lowest BCUT2D eigenvalue weighted by Crippen LogP contribution is -2.45. The van der Waals surface area contributed by atoms with Crippen LogP contribution in [0.2, 0.25) is 0 Å². The number of ether oxygens (including phenoxy) is 1. The summed E-state index contributed by atoms with van der Waals surface area (Å²) in [6.07, 6.45) is 8.85. The van der Waals surface area contributed by atoms with Crippen molar-refractivity contribution in [2.75, 3.05) is 26.2 Å². The Hall–Kier alpha value is -1.21. The van der Waals surface area contributed by atoms with Crippen molar-refractivity contribution in [2.45, 2.75) is 38.6 Å².